The summed E-state index contributed by atoms with van der Waals surface area (Å²) in [5, 5.41) is 14.8. The van der Waals surface area contributed by atoms with Crippen LogP contribution in [0, 0.1) is 0 Å². The Morgan fingerprint density at radius 1 is 1.65 bits per heavy atom. The van der Waals surface area contributed by atoms with E-state index in [1.165, 1.54) is 11.3 Å². The molecule has 0 saturated heterocycles. The molecule has 0 bridgehead atoms. The second-order valence-corrected chi connectivity index (χ2v) is 4.99. The second-order valence-electron chi connectivity index (χ2n) is 4.01. The van der Waals surface area contributed by atoms with Gasteiger partial charge in [-0.3, -0.25) is 4.79 Å². The quantitative estimate of drug-likeness (QED) is 0.805. The molecule has 1 rings (SSSR count). The molecule has 0 fully saturated rings. The van der Waals surface area contributed by atoms with Gasteiger partial charge in [0, 0.05) is 25.0 Å². The molecule has 0 spiro atoms. The van der Waals surface area contributed by atoms with Crippen molar-refractivity contribution in [2.24, 2.45) is 0 Å². The Labute approximate surface area is 106 Å². The molecule has 1 aromatic heterocycles. The molecule has 0 aliphatic carbocycles. The minimum absolute atomic E-state index is 0.0471. The van der Waals surface area contributed by atoms with Gasteiger partial charge in [-0.1, -0.05) is 6.07 Å². The normalized spacial score (nSPS) is 14.4. The van der Waals surface area contributed by atoms with Crippen LogP contribution in [0.3, 0.4) is 0 Å². The number of amides is 1. The third-order valence-electron chi connectivity index (χ3n) is 2.71. The number of hydrogen-bond donors (Lipinski definition) is 2. The molecule has 0 saturated carbocycles. The largest absolute Gasteiger partial charge is 0.386 e. The lowest BCUT2D eigenvalue weighted by molar-refractivity contribution is -0.131. The van der Waals surface area contributed by atoms with E-state index in [0.29, 0.717) is 13.1 Å². The van der Waals surface area contributed by atoms with E-state index in [-0.39, 0.29) is 11.9 Å². The number of rotatable bonds is 6. The van der Waals surface area contributed by atoms with Crippen molar-refractivity contribution < 1.29 is 9.90 Å². The molecule has 2 atom stereocenters. The number of hydrogen-bond acceptors (Lipinski definition) is 4. The fourth-order valence-electron chi connectivity index (χ4n) is 1.44. The van der Waals surface area contributed by atoms with Gasteiger partial charge in [-0.25, -0.2) is 0 Å². The number of carbonyl (C=O) groups is 1. The van der Waals surface area contributed by atoms with Crippen LogP contribution in [0.25, 0.3) is 0 Å². The zero-order chi connectivity index (χ0) is 12.8. The molecule has 1 aromatic rings. The third-order valence-corrected chi connectivity index (χ3v) is 3.68. The molecule has 0 aliphatic heterocycles. The maximum atomic E-state index is 11.8. The maximum absolute atomic E-state index is 11.8. The molecular weight excluding hydrogens is 236 g/mol. The number of aliphatic hydroxyl groups excluding tert-OH is 1. The lowest BCUT2D eigenvalue weighted by Gasteiger charge is -2.21. The van der Waals surface area contributed by atoms with E-state index in [9.17, 15) is 9.90 Å². The molecule has 2 unspecified atom stereocenters. The van der Waals surface area contributed by atoms with Crippen LogP contribution in [0.2, 0.25) is 0 Å². The fourth-order valence-corrected chi connectivity index (χ4v) is 2.16. The third kappa shape index (κ3) is 4.11. The average molecular weight is 256 g/mol. The van der Waals surface area contributed by atoms with Crippen LogP contribution in [-0.4, -0.2) is 42.1 Å². The van der Waals surface area contributed by atoms with Crippen molar-refractivity contribution in [1.29, 1.82) is 0 Å². The summed E-state index contributed by atoms with van der Waals surface area (Å²) >= 11 is 1.52. The first-order valence-corrected chi connectivity index (χ1v) is 6.64. The Balaban J connectivity index is 2.38. The van der Waals surface area contributed by atoms with Crippen LogP contribution >= 0.6 is 11.3 Å². The Kier molecular flexibility index (Phi) is 5.61. The van der Waals surface area contributed by atoms with Gasteiger partial charge in [-0.05, 0) is 25.3 Å². The molecular formula is C12H20N2O2S. The van der Waals surface area contributed by atoms with Crippen LogP contribution in [0.15, 0.2) is 17.5 Å². The number of nitrogens with zero attached hydrogens (tertiary/aromatic N) is 1. The summed E-state index contributed by atoms with van der Waals surface area (Å²) in [6.07, 6.45) is -0.544. The lowest BCUT2D eigenvalue weighted by atomic mass is 10.2. The number of carbonyl (C=O) groups excluding carboxylic acids is 1. The van der Waals surface area contributed by atoms with Gasteiger partial charge in [-0.15, -0.1) is 11.3 Å². The van der Waals surface area contributed by atoms with Crippen LogP contribution in [-0.2, 0) is 4.79 Å². The predicted molar refractivity (Wildman–Crippen MR) is 70.1 cm³/mol. The minimum atomic E-state index is -0.544. The van der Waals surface area contributed by atoms with Crippen molar-refractivity contribution in [2.45, 2.75) is 26.0 Å². The van der Waals surface area contributed by atoms with Gasteiger partial charge in [0.15, 0.2) is 0 Å². The van der Waals surface area contributed by atoms with E-state index in [4.69, 9.17) is 0 Å². The van der Waals surface area contributed by atoms with Crippen LogP contribution < -0.4 is 5.32 Å². The highest BCUT2D eigenvalue weighted by atomic mass is 32.1. The Hall–Kier alpha value is -0.910. The first-order chi connectivity index (χ1) is 8.06. The standard InChI is InChI=1S/C12H20N2O2S/c1-4-14(3)12(16)9(2)13-8-10(15)11-6-5-7-17-11/h5-7,9-10,13,15H,4,8H2,1-3H3. The SMILES string of the molecule is CCN(C)C(=O)C(C)NCC(O)c1cccs1. The highest BCUT2D eigenvalue weighted by Crippen LogP contribution is 2.17. The van der Waals surface area contributed by atoms with Crippen molar-refractivity contribution in [3.63, 3.8) is 0 Å². The second kappa shape index (κ2) is 6.74. The van der Waals surface area contributed by atoms with E-state index in [0.717, 1.165) is 4.88 Å². The summed E-state index contributed by atoms with van der Waals surface area (Å²) in [4.78, 5) is 14.3. The van der Waals surface area contributed by atoms with E-state index in [1.54, 1.807) is 11.9 Å². The molecule has 4 nitrogen and oxygen atoms in total. The highest BCUT2D eigenvalue weighted by Gasteiger charge is 2.17. The van der Waals surface area contributed by atoms with E-state index >= 15 is 0 Å². The maximum Gasteiger partial charge on any atom is 0.239 e. The molecule has 96 valence electrons. The highest BCUT2D eigenvalue weighted by molar-refractivity contribution is 7.10. The van der Waals surface area contributed by atoms with Gasteiger partial charge in [-0.2, -0.15) is 0 Å². The van der Waals surface area contributed by atoms with Gasteiger partial charge >= 0.3 is 0 Å². The Bertz CT molecular complexity index is 340. The number of nitrogens with one attached hydrogen (secondary N) is 1. The van der Waals surface area contributed by atoms with Crippen molar-refractivity contribution in [3.05, 3.63) is 22.4 Å². The van der Waals surface area contributed by atoms with Crippen molar-refractivity contribution in [1.82, 2.24) is 10.2 Å². The summed E-state index contributed by atoms with van der Waals surface area (Å²) in [6, 6.07) is 3.53. The lowest BCUT2D eigenvalue weighted by Crippen LogP contribution is -2.44. The van der Waals surface area contributed by atoms with Crippen LogP contribution in [0.4, 0.5) is 0 Å². The van der Waals surface area contributed by atoms with E-state index < -0.39 is 6.10 Å². The zero-order valence-electron chi connectivity index (χ0n) is 10.5. The van der Waals surface area contributed by atoms with Gasteiger partial charge in [0.05, 0.1) is 6.04 Å². The summed E-state index contributed by atoms with van der Waals surface area (Å²) in [6.45, 7) is 4.84. The van der Waals surface area contributed by atoms with Crippen molar-refractivity contribution in [2.75, 3.05) is 20.1 Å². The summed E-state index contributed by atoms with van der Waals surface area (Å²) in [7, 11) is 1.77. The average Bonchev–Trinajstić information content (AvgIpc) is 2.87. The topological polar surface area (TPSA) is 52.6 Å². The van der Waals surface area contributed by atoms with Gasteiger partial charge in [0.2, 0.25) is 5.91 Å². The number of thiophene rings is 1. The minimum Gasteiger partial charge on any atom is -0.386 e. The van der Waals surface area contributed by atoms with Crippen LogP contribution in [0.1, 0.15) is 24.8 Å². The predicted octanol–water partition coefficient (Wildman–Crippen LogP) is 1.24. The molecule has 5 heteroatoms. The summed E-state index contributed by atoms with van der Waals surface area (Å²) < 4.78 is 0. The Morgan fingerprint density at radius 3 is 2.88 bits per heavy atom. The monoisotopic (exact) mass is 256 g/mol. The van der Waals surface area contributed by atoms with Crippen molar-refractivity contribution in [3.8, 4) is 0 Å². The first-order valence-electron chi connectivity index (χ1n) is 5.76. The summed E-state index contributed by atoms with van der Waals surface area (Å²) in [5.74, 6) is 0.0471. The Morgan fingerprint density at radius 2 is 2.35 bits per heavy atom. The smallest absolute Gasteiger partial charge is 0.239 e. The van der Waals surface area contributed by atoms with Crippen molar-refractivity contribution >= 4 is 17.2 Å². The fraction of sp³-hybridized carbons (Fsp3) is 0.583. The molecule has 1 amide bonds. The molecule has 0 aliphatic rings. The molecule has 0 radical (unpaired) electrons. The zero-order valence-corrected chi connectivity index (χ0v) is 11.3. The van der Waals surface area contributed by atoms with E-state index in [2.05, 4.69) is 5.32 Å². The summed E-state index contributed by atoms with van der Waals surface area (Å²) in [5.41, 5.74) is 0. The van der Waals surface area contributed by atoms with Gasteiger partial charge < -0.3 is 15.3 Å². The molecule has 17 heavy (non-hydrogen) atoms. The van der Waals surface area contributed by atoms with E-state index in [1.807, 2.05) is 31.4 Å². The van der Waals surface area contributed by atoms with Crippen LogP contribution in [0.5, 0.6) is 0 Å². The molecule has 1 heterocycles. The first kappa shape index (κ1) is 14.2. The number of aliphatic hydroxyl groups is 1. The number of likely N-dealkylation sites (N-methyl/N-ethyl adjacent to an activating group) is 1. The van der Waals surface area contributed by atoms with Gasteiger partial charge in [0.25, 0.3) is 0 Å². The molecule has 2 N–H and O–H groups in total. The van der Waals surface area contributed by atoms with Gasteiger partial charge in [0.1, 0.15) is 6.10 Å². The molecule has 0 aromatic carbocycles.